The van der Waals surface area contributed by atoms with Crippen LogP contribution in [0.3, 0.4) is 0 Å². The van der Waals surface area contributed by atoms with Gasteiger partial charge >= 0.3 is 0 Å². The zero-order valence-electron chi connectivity index (χ0n) is 5.41. The molecule has 1 rings (SSSR count). The van der Waals surface area contributed by atoms with E-state index in [-0.39, 0.29) is 32.9 Å². The summed E-state index contributed by atoms with van der Waals surface area (Å²) in [6, 6.07) is 8.06. The average Bonchev–Trinajstić information content (AvgIpc) is 1.90. The van der Waals surface area contributed by atoms with Gasteiger partial charge in [0, 0.05) is 27.3 Å². The number of hydrogen-bond acceptors (Lipinski definition) is 2. The smallest absolute Gasteiger partial charge is 0.0715 e. The normalized spacial score (nSPS) is 8.00. The predicted octanol–water partition coefficient (Wildman–Crippen LogP) is 0.0476. The van der Waals surface area contributed by atoms with Crippen LogP contribution in [0.2, 0.25) is 0 Å². The van der Waals surface area contributed by atoms with Crippen molar-refractivity contribution in [3.05, 3.63) is 35.9 Å². The molecule has 0 amide bonds. The molecule has 0 aliphatic heterocycles. The van der Waals surface area contributed by atoms with E-state index in [1.54, 1.807) is 18.2 Å². The topological polar surface area (TPSA) is 40.1 Å². The molecule has 0 aromatic heterocycles. The Balaban J connectivity index is 0.000000810. The SMILES string of the molecule is O=C([O-])c1ccccc1.[Cd]. The second-order valence-corrected chi connectivity index (χ2v) is 1.65. The molecular formula is C7H5CdO2-. The van der Waals surface area contributed by atoms with Crippen LogP contribution in [0.25, 0.3) is 0 Å². The number of carboxylic acid groups (broad SMARTS) is 1. The molecule has 0 aliphatic carbocycles. The Labute approximate surface area is 79.0 Å². The summed E-state index contributed by atoms with van der Waals surface area (Å²) in [5, 5.41) is 10.1. The molecule has 0 N–H and O–H groups in total. The molecule has 0 aliphatic rings. The minimum Gasteiger partial charge on any atom is -0.545 e. The number of carbonyl (C=O) groups excluding carboxylic acids is 1. The van der Waals surface area contributed by atoms with Crippen LogP contribution in [0.1, 0.15) is 10.4 Å². The van der Waals surface area contributed by atoms with Gasteiger partial charge in [-0.3, -0.25) is 0 Å². The molecule has 0 saturated heterocycles. The van der Waals surface area contributed by atoms with Gasteiger partial charge in [0.05, 0.1) is 5.97 Å². The number of hydrogen-bond donors (Lipinski definition) is 0. The summed E-state index contributed by atoms with van der Waals surface area (Å²) in [7, 11) is 0. The summed E-state index contributed by atoms with van der Waals surface area (Å²) >= 11 is 0. The first kappa shape index (κ1) is 9.61. The maximum Gasteiger partial charge on any atom is 0.0715 e. The summed E-state index contributed by atoms with van der Waals surface area (Å²) in [5.41, 5.74) is 0.220. The van der Waals surface area contributed by atoms with Crippen molar-refractivity contribution in [2.75, 3.05) is 0 Å². The van der Waals surface area contributed by atoms with Crippen molar-refractivity contribution in [2.24, 2.45) is 0 Å². The molecule has 0 spiro atoms. The van der Waals surface area contributed by atoms with Gasteiger partial charge in [0.2, 0.25) is 0 Å². The Morgan fingerprint density at radius 3 is 2.00 bits per heavy atom. The second-order valence-electron chi connectivity index (χ2n) is 1.65. The summed E-state index contributed by atoms with van der Waals surface area (Å²) in [6.45, 7) is 0. The standard InChI is InChI=1S/C7H6O2.Cd/c8-7(9)6-4-2-1-3-5-6;/h1-5H,(H,8,9);/p-1. The van der Waals surface area contributed by atoms with E-state index in [1.807, 2.05) is 0 Å². The molecule has 10 heavy (non-hydrogen) atoms. The number of aromatic carboxylic acids is 1. The maximum atomic E-state index is 10.1. The van der Waals surface area contributed by atoms with E-state index in [0.29, 0.717) is 0 Å². The Morgan fingerprint density at radius 2 is 1.70 bits per heavy atom. The van der Waals surface area contributed by atoms with Gasteiger partial charge in [0.25, 0.3) is 0 Å². The predicted molar refractivity (Wildman–Crippen MR) is 30.8 cm³/mol. The first-order chi connectivity index (χ1) is 4.30. The molecule has 0 radical (unpaired) electrons. The van der Waals surface area contributed by atoms with Crippen molar-refractivity contribution < 1.29 is 37.2 Å². The van der Waals surface area contributed by atoms with Gasteiger partial charge in [-0.25, -0.2) is 0 Å². The van der Waals surface area contributed by atoms with E-state index in [2.05, 4.69) is 0 Å². The van der Waals surface area contributed by atoms with Crippen molar-refractivity contribution in [1.82, 2.24) is 0 Å². The van der Waals surface area contributed by atoms with Crippen molar-refractivity contribution in [3.8, 4) is 0 Å². The number of benzene rings is 1. The summed E-state index contributed by atoms with van der Waals surface area (Å²) in [5.74, 6) is -1.13. The maximum absolute atomic E-state index is 10.1. The van der Waals surface area contributed by atoms with E-state index in [4.69, 9.17) is 0 Å². The van der Waals surface area contributed by atoms with Gasteiger partial charge in [-0.2, -0.15) is 0 Å². The van der Waals surface area contributed by atoms with Crippen LogP contribution in [0.4, 0.5) is 0 Å². The van der Waals surface area contributed by atoms with E-state index >= 15 is 0 Å². The minimum absolute atomic E-state index is 0. The molecule has 0 bridgehead atoms. The van der Waals surface area contributed by atoms with Crippen molar-refractivity contribution in [3.63, 3.8) is 0 Å². The van der Waals surface area contributed by atoms with Gasteiger partial charge in [-0.1, -0.05) is 30.3 Å². The zero-order chi connectivity index (χ0) is 6.69. The first-order valence-electron chi connectivity index (χ1n) is 2.57. The van der Waals surface area contributed by atoms with Crippen LogP contribution >= 0.6 is 0 Å². The first-order valence-corrected chi connectivity index (χ1v) is 2.57. The van der Waals surface area contributed by atoms with Crippen molar-refractivity contribution >= 4 is 5.97 Å². The Bertz CT molecular complexity index is 208. The Hall–Kier alpha value is -0.388. The average molecular weight is 234 g/mol. The molecule has 1 aromatic carbocycles. The minimum atomic E-state index is -1.13. The van der Waals surface area contributed by atoms with Crippen LogP contribution in [0, 0.1) is 0 Å². The summed E-state index contributed by atoms with van der Waals surface area (Å²) in [4.78, 5) is 10.1. The Morgan fingerprint density at radius 1 is 1.20 bits per heavy atom. The van der Waals surface area contributed by atoms with Gasteiger partial charge < -0.3 is 9.90 Å². The molecular weight excluding hydrogens is 228 g/mol. The van der Waals surface area contributed by atoms with E-state index in [9.17, 15) is 9.90 Å². The molecule has 0 unspecified atom stereocenters. The van der Waals surface area contributed by atoms with E-state index in [1.165, 1.54) is 12.1 Å². The van der Waals surface area contributed by atoms with Gasteiger partial charge in [-0.15, -0.1) is 0 Å². The van der Waals surface area contributed by atoms with Gasteiger partial charge in [0.1, 0.15) is 0 Å². The summed E-state index contributed by atoms with van der Waals surface area (Å²) < 4.78 is 0. The van der Waals surface area contributed by atoms with Gasteiger partial charge in [-0.05, 0) is 5.56 Å². The van der Waals surface area contributed by atoms with Crippen LogP contribution < -0.4 is 5.11 Å². The number of rotatable bonds is 1. The van der Waals surface area contributed by atoms with Crippen LogP contribution in [-0.4, -0.2) is 5.97 Å². The van der Waals surface area contributed by atoms with Gasteiger partial charge in [0.15, 0.2) is 0 Å². The van der Waals surface area contributed by atoms with Crippen LogP contribution in [0.15, 0.2) is 30.3 Å². The molecule has 2 nitrogen and oxygen atoms in total. The zero-order valence-corrected chi connectivity index (χ0v) is 9.45. The molecule has 48 valence electrons. The summed E-state index contributed by atoms with van der Waals surface area (Å²) in [6.07, 6.45) is 0. The molecule has 1 aromatic rings. The Kier molecular flexibility index (Phi) is 4.26. The molecule has 0 saturated carbocycles. The fourth-order valence-corrected chi connectivity index (χ4v) is 0.574. The third-order valence-electron chi connectivity index (χ3n) is 1.01. The molecule has 3 heteroatoms. The molecule has 0 atom stereocenters. The number of carbonyl (C=O) groups is 1. The van der Waals surface area contributed by atoms with Crippen molar-refractivity contribution in [2.45, 2.75) is 0 Å². The van der Waals surface area contributed by atoms with Crippen LogP contribution in [0.5, 0.6) is 0 Å². The molecule has 0 heterocycles. The largest absolute Gasteiger partial charge is 0.545 e. The van der Waals surface area contributed by atoms with Crippen LogP contribution in [-0.2, 0) is 27.3 Å². The van der Waals surface area contributed by atoms with E-state index < -0.39 is 5.97 Å². The third-order valence-corrected chi connectivity index (χ3v) is 1.01. The monoisotopic (exact) mass is 235 g/mol. The fraction of sp³-hybridized carbons (Fsp3) is 0. The van der Waals surface area contributed by atoms with Crippen molar-refractivity contribution in [1.29, 1.82) is 0 Å². The third kappa shape index (κ3) is 2.47. The second kappa shape index (κ2) is 4.43. The molecule has 0 fully saturated rings. The quantitative estimate of drug-likeness (QED) is 0.643. The fourth-order valence-electron chi connectivity index (χ4n) is 0.574. The number of carboxylic acids is 1. The van der Waals surface area contributed by atoms with E-state index in [0.717, 1.165) is 0 Å².